The summed E-state index contributed by atoms with van der Waals surface area (Å²) in [6, 6.07) is 7.91. The van der Waals surface area contributed by atoms with Crippen LogP contribution in [0.5, 0.6) is 6.01 Å². The lowest BCUT2D eigenvalue weighted by Crippen LogP contribution is -2.44. The highest BCUT2D eigenvalue weighted by atomic mass is 31.2. The SMILES string of the molecule is O=P(O)(O)C(CO)(CO)OCC1O[C@@H](n2ncc3c(N[C@@H]4CCc5ccccc54)nc(OCCO)nc32)[C@H](O)[C@@H]1O. The first kappa shape index (κ1) is 29.7. The van der Waals surface area contributed by atoms with Crippen molar-refractivity contribution in [3.8, 4) is 6.01 Å². The fourth-order valence-electron chi connectivity index (χ4n) is 4.99. The van der Waals surface area contributed by atoms with Crippen molar-refractivity contribution in [3.05, 3.63) is 41.6 Å². The van der Waals surface area contributed by atoms with Crippen LogP contribution < -0.4 is 10.1 Å². The van der Waals surface area contributed by atoms with Crippen LogP contribution >= 0.6 is 7.60 Å². The summed E-state index contributed by atoms with van der Waals surface area (Å²) in [5.74, 6) is 0.390. The molecule has 1 unspecified atom stereocenters. The highest BCUT2D eigenvalue weighted by Crippen LogP contribution is 2.51. The number of ether oxygens (including phenoxy) is 3. The summed E-state index contributed by atoms with van der Waals surface area (Å²) in [6.45, 7) is -3.46. The predicted octanol–water partition coefficient (Wildman–Crippen LogP) is -1.21. The molecule has 224 valence electrons. The van der Waals surface area contributed by atoms with Gasteiger partial charge in [0.1, 0.15) is 30.7 Å². The van der Waals surface area contributed by atoms with Gasteiger partial charge in [0.15, 0.2) is 11.9 Å². The number of aromatic nitrogens is 4. The van der Waals surface area contributed by atoms with Crippen molar-refractivity contribution in [3.63, 3.8) is 0 Å². The van der Waals surface area contributed by atoms with Gasteiger partial charge in [-0.3, -0.25) is 4.57 Å². The largest absolute Gasteiger partial charge is 0.461 e. The molecule has 0 amide bonds. The Bertz CT molecular complexity index is 1410. The van der Waals surface area contributed by atoms with E-state index in [-0.39, 0.29) is 30.9 Å². The smallest absolute Gasteiger partial charge is 0.361 e. The molecule has 2 aromatic heterocycles. The van der Waals surface area contributed by atoms with Gasteiger partial charge in [0.2, 0.25) is 5.34 Å². The van der Waals surface area contributed by atoms with Gasteiger partial charge in [0, 0.05) is 0 Å². The van der Waals surface area contributed by atoms with E-state index in [1.54, 1.807) is 0 Å². The standard InChI is InChI=1S/C24H32N5O11P/c30-7-8-38-23-27-20(26-16-6-5-13-3-1-2-4-14(13)16)15-9-25-29(21(15)28-23)22-19(34)18(33)17(40-22)10-39-24(11-31,12-32)41(35,36)37/h1-4,9,16-19,22,30-34H,5-8,10-12H2,(H,26,27,28)(H2,35,36,37)/t16-,17?,18-,19-,22-/m1/s1. The molecule has 5 atom stereocenters. The lowest BCUT2D eigenvalue weighted by molar-refractivity contribution is -0.121. The summed E-state index contributed by atoms with van der Waals surface area (Å²) in [4.78, 5) is 28.0. The van der Waals surface area contributed by atoms with Crippen molar-refractivity contribution in [2.45, 2.75) is 48.8 Å². The van der Waals surface area contributed by atoms with Crippen LogP contribution in [-0.2, 0) is 20.5 Å². The molecule has 0 bridgehead atoms. The maximum atomic E-state index is 11.8. The molecule has 3 heterocycles. The van der Waals surface area contributed by atoms with Gasteiger partial charge >= 0.3 is 13.6 Å². The van der Waals surface area contributed by atoms with Gasteiger partial charge < -0.3 is 54.8 Å². The van der Waals surface area contributed by atoms with Gasteiger partial charge in [0.25, 0.3) is 0 Å². The Morgan fingerprint density at radius 2 is 1.88 bits per heavy atom. The third-order valence-electron chi connectivity index (χ3n) is 7.32. The Hall–Kier alpha value is -2.76. The first-order valence-corrected chi connectivity index (χ1v) is 14.5. The summed E-state index contributed by atoms with van der Waals surface area (Å²) < 4.78 is 29.5. The number of rotatable bonds is 12. The van der Waals surface area contributed by atoms with Crippen LogP contribution in [0.25, 0.3) is 11.0 Å². The Balaban J connectivity index is 1.43. The lowest BCUT2D eigenvalue weighted by atomic mass is 10.1. The van der Waals surface area contributed by atoms with E-state index in [1.165, 1.54) is 16.4 Å². The molecule has 1 fully saturated rings. The number of hydrogen-bond donors (Lipinski definition) is 8. The van der Waals surface area contributed by atoms with Crippen LogP contribution in [-0.4, -0.2) is 112 Å². The molecule has 2 aliphatic rings. The summed E-state index contributed by atoms with van der Waals surface area (Å²) >= 11 is 0. The zero-order valence-electron chi connectivity index (χ0n) is 21.7. The predicted molar refractivity (Wildman–Crippen MR) is 140 cm³/mol. The van der Waals surface area contributed by atoms with E-state index in [9.17, 15) is 39.9 Å². The molecule has 16 nitrogen and oxygen atoms in total. The van der Waals surface area contributed by atoms with E-state index in [4.69, 9.17) is 14.2 Å². The fourth-order valence-corrected chi connectivity index (χ4v) is 5.60. The number of anilines is 1. The third-order valence-corrected chi connectivity index (χ3v) is 8.79. The minimum Gasteiger partial charge on any atom is -0.461 e. The van der Waals surface area contributed by atoms with Crippen molar-refractivity contribution in [1.29, 1.82) is 0 Å². The molecule has 0 spiro atoms. The van der Waals surface area contributed by atoms with E-state index in [0.717, 1.165) is 18.4 Å². The van der Waals surface area contributed by atoms with Gasteiger partial charge in [-0.25, -0.2) is 4.68 Å². The molecule has 3 aromatic rings. The van der Waals surface area contributed by atoms with Crippen molar-refractivity contribution >= 4 is 24.4 Å². The van der Waals surface area contributed by atoms with Gasteiger partial charge in [-0.15, -0.1) is 0 Å². The van der Waals surface area contributed by atoms with E-state index < -0.39 is 57.3 Å². The second-order valence-electron chi connectivity index (χ2n) is 9.85. The number of hydrogen-bond acceptors (Lipinski definition) is 13. The Kier molecular flexibility index (Phi) is 8.59. The number of aryl methyl sites for hydroxylation is 1. The van der Waals surface area contributed by atoms with E-state index in [2.05, 4.69) is 26.4 Å². The number of fused-ring (bicyclic) bond motifs is 2. The third kappa shape index (κ3) is 5.56. The van der Waals surface area contributed by atoms with Crippen LogP contribution in [0.1, 0.15) is 29.8 Å². The molecular weight excluding hydrogens is 565 g/mol. The first-order valence-electron chi connectivity index (χ1n) is 12.9. The zero-order valence-corrected chi connectivity index (χ0v) is 22.6. The van der Waals surface area contributed by atoms with Crippen LogP contribution in [0.15, 0.2) is 30.5 Å². The van der Waals surface area contributed by atoms with E-state index >= 15 is 0 Å². The Labute approximate surface area is 233 Å². The summed E-state index contributed by atoms with van der Waals surface area (Å²) in [7, 11) is -5.14. The minimum absolute atomic E-state index is 0.0534. The average Bonchev–Trinajstić information content (AvgIpc) is 3.64. The highest BCUT2D eigenvalue weighted by Gasteiger charge is 2.51. The first-order chi connectivity index (χ1) is 19.6. The molecule has 8 N–H and O–H groups in total. The molecule has 0 saturated carbocycles. The number of aliphatic hydroxyl groups is 5. The van der Waals surface area contributed by atoms with Crippen LogP contribution in [0.4, 0.5) is 5.82 Å². The average molecular weight is 598 g/mol. The van der Waals surface area contributed by atoms with Crippen molar-refractivity contribution < 1.29 is 54.1 Å². The molecule has 1 aromatic carbocycles. The van der Waals surface area contributed by atoms with Gasteiger partial charge in [-0.1, -0.05) is 24.3 Å². The second kappa shape index (κ2) is 11.9. The van der Waals surface area contributed by atoms with Crippen LogP contribution in [0, 0.1) is 0 Å². The minimum atomic E-state index is -5.14. The number of nitrogens with one attached hydrogen (secondary N) is 1. The zero-order chi connectivity index (χ0) is 29.4. The quantitative estimate of drug-likeness (QED) is 0.114. The molecular formula is C24H32N5O11P. The van der Waals surface area contributed by atoms with Crippen molar-refractivity contribution in [2.24, 2.45) is 0 Å². The molecule has 1 aliphatic carbocycles. The van der Waals surface area contributed by atoms with Crippen molar-refractivity contribution in [2.75, 3.05) is 38.4 Å². The molecule has 17 heteroatoms. The number of nitrogens with zero attached hydrogens (tertiary/aromatic N) is 4. The van der Waals surface area contributed by atoms with Gasteiger partial charge in [0.05, 0.1) is 44.1 Å². The molecule has 1 aliphatic heterocycles. The lowest BCUT2D eigenvalue weighted by Gasteiger charge is -2.31. The summed E-state index contributed by atoms with van der Waals surface area (Å²) in [5, 5.41) is 55.2. The highest BCUT2D eigenvalue weighted by molar-refractivity contribution is 7.53. The monoisotopic (exact) mass is 597 g/mol. The van der Waals surface area contributed by atoms with Gasteiger partial charge in [-0.05, 0) is 24.0 Å². The molecule has 0 radical (unpaired) electrons. The van der Waals surface area contributed by atoms with Gasteiger partial charge in [-0.2, -0.15) is 15.1 Å². The Morgan fingerprint density at radius 1 is 1.12 bits per heavy atom. The molecule has 5 rings (SSSR count). The normalized spacial score (nSPS) is 24.6. The Morgan fingerprint density at radius 3 is 2.59 bits per heavy atom. The maximum absolute atomic E-state index is 11.8. The summed E-state index contributed by atoms with van der Waals surface area (Å²) in [5.41, 5.74) is 2.52. The fraction of sp³-hybridized carbons (Fsp3) is 0.542. The topological polar surface area (TPSA) is 242 Å². The number of aliphatic hydroxyl groups excluding tert-OH is 5. The summed E-state index contributed by atoms with van der Waals surface area (Å²) in [6.07, 6.45) is -2.64. The maximum Gasteiger partial charge on any atom is 0.361 e. The van der Waals surface area contributed by atoms with Crippen molar-refractivity contribution in [1.82, 2.24) is 19.7 Å². The van der Waals surface area contributed by atoms with E-state index in [0.29, 0.717) is 11.2 Å². The second-order valence-corrected chi connectivity index (χ2v) is 11.8. The number of benzene rings is 1. The molecule has 1 saturated heterocycles. The van der Waals surface area contributed by atoms with Crippen LogP contribution in [0.3, 0.4) is 0 Å². The molecule has 41 heavy (non-hydrogen) atoms. The van der Waals surface area contributed by atoms with Crippen LogP contribution in [0.2, 0.25) is 0 Å². The van der Waals surface area contributed by atoms with E-state index in [1.807, 2.05) is 18.2 Å².